The number of anilines is 1. The molecule has 17 heavy (non-hydrogen) atoms. The minimum atomic E-state index is -0.599. The van der Waals surface area contributed by atoms with E-state index in [4.69, 9.17) is 11.5 Å². The van der Waals surface area contributed by atoms with Crippen LogP contribution >= 0.6 is 0 Å². The molecule has 1 aromatic rings. The van der Waals surface area contributed by atoms with E-state index in [-0.39, 0.29) is 5.56 Å². The first-order valence-electron chi connectivity index (χ1n) is 6.16. The largest absolute Gasteiger partial charge is 0.383 e. The van der Waals surface area contributed by atoms with Crippen molar-refractivity contribution in [2.75, 3.05) is 5.73 Å². The lowest BCUT2D eigenvalue weighted by molar-refractivity contribution is 0.386. The fourth-order valence-electron chi connectivity index (χ4n) is 1.83. The molecule has 1 heterocycles. The van der Waals surface area contributed by atoms with Crippen LogP contribution in [-0.4, -0.2) is 9.97 Å². The number of aromatic nitrogens is 2. The van der Waals surface area contributed by atoms with E-state index >= 15 is 0 Å². The maximum atomic E-state index is 11.9. The van der Waals surface area contributed by atoms with E-state index in [0.717, 1.165) is 6.42 Å². The number of nitrogens with one attached hydrogen (secondary N) is 1. The molecule has 0 atom stereocenters. The molecule has 96 valence electrons. The van der Waals surface area contributed by atoms with Crippen LogP contribution < -0.4 is 17.0 Å². The van der Waals surface area contributed by atoms with E-state index in [1.165, 1.54) is 0 Å². The summed E-state index contributed by atoms with van der Waals surface area (Å²) < 4.78 is 0. The highest BCUT2D eigenvalue weighted by Crippen LogP contribution is 2.22. The van der Waals surface area contributed by atoms with Gasteiger partial charge in [-0.1, -0.05) is 27.2 Å². The molecular weight excluding hydrogens is 216 g/mol. The predicted molar refractivity (Wildman–Crippen MR) is 69.7 cm³/mol. The Kier molecular flexibility index (Phi) is 4.28. The summed E-state index contributed by atoms with van der Waals surface area (Å²) in [5.41, 5.74) is 11.8. The van der Waals surface area contributed by atoms with Gasteiger partial charge in [-0.25, -0.2) is 4.98 Å². The molecule has 5 N–H and O–H groups in total. The Labute approximate surface area is 102 Å². The van der Waals surface area contributed by atoms with Gasteiger partial charge >= 0.3 is 0 Å². The Morgan fingerprint density at radius 3 is 2.29 bits per heavy atom. The molecule has 0 aromatic carbocycles. The van der Waals surface area contributed by atoms with Gasteiger partial charge in [0, 0.05) is 0 Å². The number of H-pyrrole nitrogens is 1. The molecule has 5 heteroatoms. The molecule has 1 rings (SSSR count). The Bertz CT molecular complexity index is 435. The standard InChI is InChI=1S/C12H22N4O/c1-4-7-8-9(13)15-11(16-10(8)17)12(14,5-2)6-3/h4-7,14H2,1-3H3,(H3,13,15,16,17). The molecule has 0 aliphatic heterocycles. The van der Waals surface area contributed by atoms with Crippen molar-refractivity contribution < 1.29 is 0 Å². The van der Waals surface area contributed by atoms with Crippen LogP contribution in [-0.2, 0) is 12.0 Å². The quantitative estimate of drug-likeness (QED) is 0.719. The van der Waals surface area contributed by atoms with Gasteiger partial charge in [0.25, 0.3) is 5.56 Å². The average Bonchev–Trinajstić information content (AvgIpc) is 2.32. The molecular formula is C12H22N4O. The normalized spacial score (nSPS) is 11.8. The number of nitrogens with two attached hydrogens (primary N) is 2. The summed E-state index contributed by atoms with van der Waals surface area (Å²) in [6.45, 7) is 5.94. The third-order valence-electron chi connectivity index (χ3n) is 3.28. The number of rotatable bonds is 5. The molecule has 1 aromatic heterocycles. The molecule has 0 bridgehead atoms. The van der Waals surface area contributed by atoms with Crippen molar-refractivity contribution in [1.82, 2.24) is 9.97 Å². The monoisotopic (exact) mass is 238 g/mol. The average molecular weight is 238 g/mol. The van der Waals surface area contributed by atoms with Crippen LogP contribution in [0.1, 0.15) is 51.4 Å². The van der Waals surface area contributed by atoms with Crippen molar-refractivity contribution in [2.45, 2.75) is 52.0 Å². The van der Waals surface area contributed by atoms with Crippen LogP contribution in [0.15, 0.2) is 4.79 Å². The Balaban J connectivity index is 3.27. The zero-order valence-electron chi connectivity index (χ0n) is 10.8. The molecule has 0 saturated carbocycles. The van der Waals surface area contributed by atoms with Crippen molar-refractivity contribution in [2.24, 2.45) is 5.73 Å². The Hall–Kier alpha value is -1.36. The summed E-state index contributed by atoms with van der Waals surface area (Å²) in [5, 5.41) is 0. The van der Waals surface area contributed by atoms with Crippen LogP contribution in [0.5, 0.6) is 0 Å². The fourth-order valence-corrected chi connectivity index (χ4v) is 1.83. The van der Waals surface area contributed by atoms with Crippen molar-refractivity contribution in [3.63, 3.8) is 0 Å². The van der Waals surface area contributed by atoms with Crippen LogP contribution in [0.2, 0.25) is 0 Å². The van der Waals surface area contributed by atoms with Gasteiger partial charge in [-0.05, 0) is 19.3 Å². The smallest absolute Gasteiger partial charge is 0.256 e. The second-order valence-corrected chi connectivity index (χ2v) is 4.39. The van der Waals surface area contributed by atoms with Crippen molar-refractivity contribution >= 4 is 5.82 Å². The lowest BCUT2D eigenvalue weighted by Crippen LogP contribution is -2.39. The summed E-state index contributed by atoms with van der Waals surface area (Å²) in [4.78, 5) is 18.9. The highest BCUT2D eigenvalue weighted by atomic mass is 16.1. The number of hydrogen-bond acceptors (Lipinski definition) is 4. The molecule has 5 nitrogen and oxygen atoms in total. The molecule has 0 aliphatic carbocycles. The first-order chi connectivity index (χ1) is 7.98. The molecule has 0 unspecified atom stereocenters. The molecule has 0 saturated heterocycles. The Morgan fingerprint density at radius 1 is 1.29 bits per heavy atom. The third kappa shape index (κ3) is 2.66. The van der Waals surface area contributed by atoms with E-state index in [2.05, 4.69) is 9.97 Å². The van der Waals surface area contributed by atoms with Gasteiger partial charge in [0.2, 0.25) is 0 Å². The highest BCUT2D eigenvalue weighted by Gasteiger charge is 2.26. The number of nitrogen functional groups attached to an aromatic ring is 1. The summed E-state index contributed by atoms with van der Waals surface area (Å²) in [6.07, 6.45) is 2.92. The van der Waals surface area contributed by atoms with E-state index in [1.807, 2.05) is 20.8 Å². The number of nitrogens with zero attached hydrogens (tertiary/aromatic N) is 1. The zero-order chi connectivity index (χ0) is 13.1. The number of hydrogen-bond donors (Lipinski definition) is 3. The Morgan fingerprint density at radius 2 is 1.88 bits per heavy atom. The van der Waals surface area contributed by atoms with Crippen LogP contribution in [0.4, 0.5) is 5.82 Å². The van der Waals surface area contributed by atoms with Gasteiger partial charge in [-0.2, -0.15) is 0 Å². The minimum Gasteiger partial charge on any atom is -0.383 e. The molecule has 0 amide bonds. The number of aromatic amines is 1. The fraction of sp³-hybridized carbons (Fsp3) is 0.667. The van der Waals surface area contributed by atoms with Gasteiger partial charge in [0.1, 0.15) is 11.6 Å². The van der Waals surface area contributed by atoms with E-state index in [9.17, 15) is 4.79 Å². The molecule has 0 aliphatic rings. The minimum absolute atomic E-state index is 0.161. The van der Waals surface area contributed by atoms with Gasteiger partial charge in [0.05, 0.1) is 11.1 Å². The first-order valence-corrected chi connectivity index (χ1v) is 6.16. The summed E-state index contributed by atoms with van der Waals surface area (Å²) in [6, 6.07) is 0. The first kappa shape index (κ1) is 13.7. The molecule has 0 spiro atoms. The second kappa shape index (κ2) is 5.31. The van der Waals surface area contributed by atoms with Crippen LogP contribution in [0, 0.1) is 0 Å². The molecule has 0 radical (unpaired) electrons. The van der Waals surface area contributed by atoms with E-state index < -0.39 is 5.54 Å². The highest BCUT2D eigenvalue weighted by molar-refractivity contribution is 5.38. The lowest BCUT2D eigenvalue weighted by atomic mass is 9.93. The third-order valence-corrected chi connectivity index (χ3v) is 3.28. The molecule has 0 fully saturated rings. The van der Waals surface area contributed by atoms with E-state index in [0.29, 0.717) is 36.5 Å². The second-order valence-electron chi connectivity index (χ2n) is 4.39. The van der Waals surface area contributed by atoms with Crippen molar-refractivity contribution in [1.29, 1.82) is 0 Å². The van der Waals surface area contributed by atoms with Crippen LogP contribution in [0.25, 0.3) is 0 Å². The maximum Gasteiger partial charge on any atom is 0.256 e. The summed E-state index contributed by atoms with van der Waals surface area (Å²) in [7, 11) is 0. The lowest BCUT2D eigenvalue weighted by Gasteiger charge is -2.25. The SMILES string of the molecule is CCCc1c(N)nc(C(N)(CC)CC)[nH]c1=O. The summed E-state index contributed by atoms with van der Waals surface area (Å²) >= 11 is 0. The summed E-state index contributed by atoms with van der Waals surface area (Å²) in [5.74, 6) is 0.798. The van der Waals surface area contributed by atoms with Crippen LogP contribution in [0.3, 0.4) is 0 Å². The zero-order valence-corrected chi connectivity index (χ0v) is 10.8. The van der Waals surface area contributed by atoms with E-state index in [1.54, 1.807) is 0 Å². The predicted octanol–water partition coefficient (Wildman–Crippen LogP) is 1.28. The van der Waals surface area contributed by atoms with Gasteiger partial charge in [0.15, 0.2) is 0 Å². The van der Waals surface area contributed by atoms with Gasteiger partial charge in [-0.15, -0.1) is 0 Å². The van der Waals surface area contributed by atoms with Gasteiger partial charge < -0.3 is 16.5 Å². The van der Waals surface area contributed by atoms with Crippen molar-refractivity contribution in [3.8, 4) is 0 Å². The maximum absolute atomic E-state index is 11.9. The topological polar surface area (TPSA) is 97.8 Å². The van der Waals surface area contributed by atoms with Gasteiger partial charge in [-0.3, -0.25) is 4.79 Å². The van der Waals surface area contributed by atoms with Crippen molar-refractivity contribution in [3.05, 3.63) is 21.7 Å².